The van der Waals surface area contributed by atoms with Crippen molar-refractivity contribution in [2.75, 3.05) is 25.2 Å². The minimum Gasteiger partial charge on any atom is -0.369 e. The summed E-state index contributed by atoms with van der Waals surface area (Å²) in [6.45, 7) is 5.17. The minimum atomic E-state index is -2.98. The van der Waals surface area contributed by atoms with Crippen molar-refractivity contribution in [1.29, 1.82) is 0 Å². The summed E-state index contributed by atoms with van der Waals surface area (Å²) in [7, 11) is -2.98. The van der Waals surface area contributed by atoms with Gasteiger partial charge in [-0.3, -0.25) is 9.58 Å². The van der Waals surface area contributed by atoms with E-state index in [2.05, 4.69) is 23.0 Å². The maximum atomic E-state index is 11.3. The summed E-state index contributed by atoms with van der Waals surface area (Å²) in [5, 5.41) is 4.31. The van der Waals surface area contributed by atoms with Crippen molar-refractivity contribution >= 4 is 32.8 Å². The third-order valence-electron chi connectivity index (χ3n) is 5.76. The zero-order valence-corrected chi connectivity index (χ0v) is 18.6. The van der Waals surface area contributed by atoms with E-state index >= 15 is 0 Å². The molecule has 0 aliphatic carbocycles. The number of thiophene rings is 1. The highest BCUT2D eigenvalue weighted by Gasteiger charge is 2.44. The Hall–Kier alpha value is -0.930. The molecule has 2 unspecified atom stereocenters. The molecular formula is C19H26ClN3O3S2. The second-order valence-corrected chi connectivity index (χ2v) is 12.0. The van der Waals surface area contributed by atoms with E-state index in [4.69, 9.17) is 16.3 Å². The van der Waals surface area contributed by atoms with E-state index < -0.39 is 9.84 Å². The lowest BCUT2D eigenvalue weighted by molar-refractivity contribution is -0.110. The summed E-state index contributed by atoms with van der Waals surface area (Å²) < 4.78 is 31.6. The predicted octanol–water partition coefficient (Wildman–Crippen LogP) is 3.10. The molecular weight excluding hydrogens is 418 g/mol. The normalized spacial score (nSPS) is 25.9. The van der Waals surface area contributed by atoms with Crippen molar-refractivity contribution in [1.82, 2.24) is 14.7 Å². The summed E-state index contributed by atoms with van der Waals surface area (Å²) in [5.41, 5.74) is 2.27. The molecule has 2 aliphatic heterocycles. The second-order valence-electron chi connectivity index (χ2n) is 8.01. The quantitative estimate of drug-likeness (QED) is 0.710. The van der Waals surface area contributed by atoms with Gasteiger partial charge in [-0.1, -0.05) is 11.6 Å². The number of ether oxygens (including phenoxy) is 1. The SMILES string of the molecule is CC1CC2(CCN1Cc1cnn(CCS(C)(=O)=O)c1)OCCc1cc(Cl)sc12. The molecule has 4 heterocycles. The number of aryl methyl sites for hydroxylation is 1. The zero-order chi connectivity index (χ0) is 19.9. The van der Waals surface area contributed by atoms with Crippen molar-refractivity contribution in [2.24, 2.45) is 0 Å². The van der Waals surface area contributed by atoms with Crippen LogP contribution in [0.5, 0.6) is 0 Å². The number of hydrogen-bond acceptors (Lipinski definition) is 6. The lowest BCUT2D eigenvalue weighted by atomic mass is 9.82. The zero-order valence-electron chi connectivity index (χ0n) is 16.2. The van der Waals surface area contributed by atoms with Crippen LogP contribution in [0.4, 0.5) is 0 Å². The van der Waals surface area contributed by atoms with Crippen molar-refractivity contribution in [3.8, 4) is 0 Å². The predicted molar refractivity (Wildman–Crippen MR) is 112 cm³/mol. The second kappa shape index (κ2) is 7.72. The monoisotopic (exact) mass is 443 g/mol. The Labute approximate surface area is 175 Å². The molecule has 0 saturated carbocycles. The Bertz CT molecular complexity index is 956. The van der Waals surface area contributed by atoms with Crippen LogP contribution in [0.1, 0.15) is 35.8 Å². The average molecular weight is 444 g/mol. The van der Waals surface area contributed by atoms with Crippen molar-refractivity contribution in [2.45, 2.75) is 50.9 Å². The molecule has 6 nitrogen and oxygen atoms in total. The summed E-state index contributed by atoms with van der Waals surface area (Å²) in [5.74, 6) is 0.111. The number of hydrogen-bond donors (Lipinski definition) is 0. The van der Waals surface area contributed by atoms with E-state index in [0.717, 1.165) is 48.9 Å². The molecule has 0 N–H and O–H groups in total. The first-order valence-electron chi connectivity index (χ1n) is 9.60. The Kier molecular flexibility index (Phi) is 5.61. The first-order chi connectivity index (χ1) is 13.2. The van der Waals surface area contributed by atoms with Crippen LogP contribution in [0.15, 0.2) is 18.5 Å². The van der Waals surface area contributed by atoms with Crippen molar-refractivity contribution < 1.29 is 13.2 Å². The van der Waals surface area contributed by atoms with E-state index in [1.807, 2.05) is 12.4 Å². The molecule has 1 saturated heterocycles. The Morgan fingerprint density at radius 1 is 1.46 bits per heavy atom. The molecule has 0 amide bonds. The van der Waals surface area contributed by atoms with E-state index in [1.165, 1.54) is 16.7 Å². The van der Waals surface area contributed by atoms with Gasteiger partial charge in [0.15, 0.2) is 0 Å². The molecule has 1 fully saturated rings. The van der Waals surface area contributed by atoms with E-state index in [9.17, 15) is 8.42 Å². The highest BCUT2D eigenvalue weighted by Crippen LogP contribution is 2.48. The lowest BCUT2D eigenvalue weighted by Crippen LogP contribution is -2.49. The summed E-state index contributed by atoms with van der Waals surface area (Å²) in [6.07, 6.45) is 7.92. The Morgan fingerprint density at radius 3 is 3.04 bits per heavy atom. The number of likely N-dealkylation sites (tertiary alicyclic amines) is 1. The van der Waals surface area contributed by atoms with Crippen LogP contribution in [-0.4, -0.2) is 54.3 Å². The van der Waals surface area contributed by atoms with Crippen LogP contribution in [-0.2, 0) is 39.7 Å². The smallest absolute Gasteiger partial charge is 0.149 e. The standard InChI is InChI=1S/C19H26ClN3O3S2/c1-14-10-19(18-16(3-7-26-19)9-17(20)27-18)4-5-22(14)12-15-11-21-23(13-15)6-8-28(2,24)25/h9,11,13-14H,3-8,10,12H2,1-2H3. The number of halogens is 1. The van der Waals surface area contributed by atoms with E-state index in [-0.39, 0.29) is 11.4 Å². The van der Waals surface area contributed by atoms with Crippen LogP contribution in [0.3, 0.4) is 0 Å². The third kappa shape index (κ3) is 4.31. The molecule has 2 atom stereocenters. The number of fused-ring (bicyclic) bond motifs is 2. The number of rotatable bonds is 5. The number of piperidine rings is 1. The molecule has 2 aromatic rings. The highest BCUT2D eigenvalue weighted by atomic mass is 35.5. The highest BCUT2D eigenvalue weighted by molar-refractivity contribution is 7.90. The lowest BCUT2D eigenvalue weighted by Gasteiger charge is -2.47. The van der Waals surface area contributed by atoms with Gasteiger partial charge in [0, 0.05) is 42.0 Å². The van der Waals surface area contributed by atoms with Crippen molar-refractivity contribution in [3.63, 3.8) is 0 Å². The minimum absolute atomic E-state index is 0.111. The van der Waals surface area contributed by atoms with Gasteiger partial charge in [-0.05, 0) is 37.8 Å². The first-order valence-corrected chi connectivity index (χ1v) is 12.9. The van der Waals surface area contributed by atoms with Crippen LogP contribution in [0.25, 0.3) is 0 Å². The summed E-state index contributed by atoms with van der Waals surface area (Å²) in [4.78, 5) is 3.78. The Balaban J connectivity index is 1.41. The van der Waals surface area contributed by atoms with Gasteiger partial charge < -0.3 is 4.74 Å². The van der Waals surface area contributed by atoms with E-state index in [1.54, 1.807) is 16.0 Å². The molecule has 9 heteroatoms. The van der Waals surface area contributed by atoms with Gasteiger partial charge in [0.25, 0.3) is 0 Å². The maximum absolute atomic E-state index is 11.3. The molecule has 1 spiro atoms. The molecule has 0 radical (unpaired) electrons. The van der Waals surface area contributed by atoms with Crippen molar-refractivity contribution in [3.05, 3.63) is 38.8 Å². The number of aromatic nitrogens is 2. The van der Waals surface area contributed by atoms with Gasteiger partial charge in [0.2, 0.25) is 0 Å². The van der Waals surface area contributed by atoms with E-state index in [0.29, 0.717) is 12.6 Å². The van der Waals surface area contributed by atoms with Gasteiger partial charge >= 0.3 is 0 Å². The maximum Gasteiger partial charge on any atom is 0.149 e. The van der Waals surface area contributed by atoms with Crippen LogP contribution >= 0.6 is 22.9 Å². The van der Waals surface area contributed by atoms with Gasteiger partial charge in [0.1, 0.15) is 15.4 Å². The fourth-order valence-electron chi connectivity index (χ4n) is 4.32. The molecule has 28 heavy (non-hydrogen) atoms. The summed E-state index contributed by atoms with van der Waals surface area (Å²) in [6, 6.07) is 2.48. The van der Waals surface area contributed by atoms with Crippen LogP contribution in [0, 0.1) is 0 Å². The fourth-order valence-corrected chi connectivity index (χ4v) is 6.32. The van der Waals surface area contributed by atoms with Crippen LogP contribution < -0.4 is 0 Å². The molecule has 154 valence electrons. The largest absolute Gasteiger partial charge is 0.369 e. The molecule has 2 aromatic heterocycles. The third-order valence-corrected chi connectivity index (χ3v) is 8.17. The molecule has 2 aliphatic rings. The number of nitrogens with zero attached hydrogens (tertiary/aromatic N) is 3. The average Bonchev–Trinajstić information content (AvgIpc) is 3.22. The summed E-state index contributed by atoms with van der Waals surface area (Å²) >= 11 is 7.96. The first kappa shape index (κ1) is 20.3. The van der Waals surface area contributed by atoms with Gasteiger partial charge in [0.05, 0.1) is 29.4 Å². The van der Waals surface area contributed by atoms with Crippen LogP contribution in [0.2, 0.25) is 4.34 Å². The molecule has 0 bridgehead atoms. The number of sulfone groups is 1. The Morgan fingerprint density at radius 2 is 2.29 bits per heavy atom. The fraction of sp³-hybridized carbons (Fsp3) is 0.632. The van der Waals surface area contributed by atoms with Gasteiger partial charge in [-0.25, -0.2) is 8.42 Å². The molecule has 0 aromatic carbocycles. The molecule has 4 rings (SSSR count). The van der Waals surface area contributed by atoms with Gasteiger partial charge in [-0.2, -0.15) is 5.10 Å². The topological polar surface area (TPSA) is 64.4 Å². The van der Waals surface area contributed by atoms with Gasteiger partial charge in [-0.15, -0.1) is 11.3 Å².